The molecule has 0 amide bonds. The summed E-state index contributed by atoms with van der Waals surface area (Å²) in [6.45, 7) is 2.24. The average molecular weight is 329 g/mol. The minimum absolute atomic E-state index is 0.754. The highest BCUT2D eigenvalue weighted by atomic mass is 16.5. The van der Waals surface area contributed by atoms with Crippen molar-refractivity contribution in [3.63, 3.8) is 0 Å². The quantitative estimate of drug-likeness (QED) is 0.470. The van der Waals surface area contributed by atoms with Gasteiger partial charge in [0.05, 0.1) is 12.8 Å². The Morgan fingerprint density at radius 3 is 2.48 bits per heavy atom. The molecule has 126 valence electrons. The molecule has 0 radical (unpaired) electrons. The van der Waals surface area contributed by atoms with Gasteiger partial charge >= 0.3 is 0 Å². The Balaban J connectivity index is 2.01. The van der Waals surface area contributed by atoms with Crippen molar-refractivity contribution in [2.24, 2.45) is 0 Å². The van der Waals surface area contributed by atoms with Crippen molar-refractivity contribution < 1.29 is 4.74 Å². The molecule has 1 heterocycles. The smallest absolute Gasteiger partial charge is 0.221 e. The van der Waals surface area contributed by atoms with Crippen LogP contribution >= 0.6 is 0 Å². The van der Waals surface area contributed by atoms with Crippen LogP contribution in [0.2, 0.25) is 0 Å². The van der Waals surface area contributed by atoms with Gasteiger partial charge in [-0.25, -0.2) is 4.98 Å². The molecule has 2 aromatic carbocycles. The lowest BCUT2D eigenvalue weighted by Gasteiger charge is -2.18. The van der Waals surface area contributed by atoms with Crippen LogP contribution in [0.25, 0.3) is 22.3 Å². The number of rotatable bonds is 5. The first-order chi connectivity index (χ1) is 12.3. The summed E-state index contributed by atoms with van der Waals surface area (Å²) >= 11 is 0. The van der Waals surface area contributed by atoms with E-state index in [1.807, 2.05) is 0 Å². The van der Waals surface area contributed by atoms with Crippen molar-refractivity contribution in [3.8, 4) is 28.1 Å². The summed E-state index contributed by atoms with van der Waals surface area (Å²) in [4.78, 5) is 4.91. The molecule has 4 rings (SSSR count). The second-order valence-electron chi connectivity index (χ2n) is 6.60. The topological polar surface area (TPSA) is 22.1 Å². The van der Waals surface area contributed by atoms with Gasteiger partial charge in [0.2, 0.25) is 5.88 Å². The number of hydrogen-bond acceptors (Lipinski definition) is 2. The normalized spacial score (nSPS) is 11.9. The van der Waals surface area contributed by atoms with E-state index < -0.39 is 0 Å². The molecule has 2 nitrogen and oxygen atoms in total. The van der Waals surface area contributed by atoms with Crippen LogP contribution < -0.4 is 4.74 Å². The molecule has 2 heteroatoms. The third kappa shape index (κ3) is 2.72. The van der Waals surface area contributed by atoms with Crippen LogP contribution in [0.1, 0.15) is 36.6 Å². The van der Waals surface area contributed by atoms with E-state index in [-0.39, 0.29) is 0 Å². The Bertz CT molecular complexity index is 899. The summed E-state index contributed by atoms with van der Waals surface area (Å²) in [5.41, 5.74) is 8.94. The van der Waals surface area contributed by atoms with Gasteiger partial charge in [0, 0.05) is 17.5 Å². The second kappa shape index (κ2) is 6.72. The van der Waals surface area contributed by atoms with Gasteiger partial charge in [-0.15, -0.1) is 0 Å². The molecule has 0 fully saturated rings. The number of unbranched alkanes of at least 4 members (excludes halogenated alkanes) is 1. The van der Waals surface area contributed by atoms with Crippen molar-refractivity contribution in [1.82, 2.24) is 4.98 Å². The maximum absolute atomic E-state index is 5.73. The fraction of sp³-hybridized carbons (Fsp3) is 0.261. The number of ether oxygens (including phenoxy) is 1. The van der Waals surface area contributed by atoms with E-state index >= 15 is 0 Å². The van der Waals surface area contributed by atoms with Gasteiger partial charge in [-0.2, -0.15) is 0 Å². The zero-order valence-electron chi connectivity index (χ0n) is 14.9. The van der Waals surface area contributed by atoms with Gasteiger partial charge in [0.1, 0.15) is 0 Å². The molecule has 3 aromatic rings. The van der Waals surface area contributed by atoms with Gasteiger partial charge in [-0.1, -0.05) is 67.9 Å². The molecule has 25 heavy (non-hydrogen) atoms. The van der Waals surface area contributed by atoms with Crippen molar-refractivity contribution in [2.45, 2.75) is 32.6 Å². The fourth-order valence-corrected chi connectivity index (χ4v) is 3.86. The maximum Gasteiger partial charge on any atom is 0.221 e. The van der Waals surface area contributed by atoms with E-state index in [1.54, 1.807) is 7.11 Å². The molecule has 0 spiro atoms. The number of hydrogen-bond donors (Lipinski definition) is 0. The lowest BCUT2D eigenvalue weighted by atomic mass is 9.90. The largest absolute Gasteiger partial charge is 0.481 e. The van der Waals surface area contributed by atoms with E-state index in [0.717, 1.165) is 30.0 Å². The third-order valence-electron chi connectivity index (χ3n) is 5.02. The predicted molar refractivity (Wildman–Crippen MR) is 103 cm³/mol. The van der Waals surface area contributed by atoms with E-state index in [1.165, 1.54) is 40.7 Å². The van der Waals surface area contributed by atoms with Gasteiger partial charge in [0.15, 0.2) is 0 Å². The molecular formula is C23H23NO. The first-order valence-electron chi connectivity index (χ1n) is 9.07. The fourth-order valence-electron chi connectivity index (χ4n) is 3.86. The van der Waals surface area contributed by atoms with Crippen molar-refractivity contribution in [3.05, 3.63) is 71.4 Å². The number of methoxy groups -OCH3 is 1. The summed E-state index contributed by atoms with van der Waals surface area (Å²) in [6, 6.07) is 19.2. The zero-order valence-corrected chi connectivity index (χ0v) is 14.9. The minimum Gasteiger partial charge on any atom is -0.481 e. The van der Waals surface area contributed by atoms with Crippen LogP contribution in [0.3, 0.4) is 0 Å². The van der Waals surface area contributed by atoms with Gasteiger partial charge in [-0.05, 0) is 35.1 Å². The van der Waals surface area contributed by atoms with Gasteiger partial charge in [-0.3, -0.25) is 0 Å². The Morgan fingerprint density at radius 1 is 0.960 bits per heavy atom. The monoisotopic (exact) mass is 329 g/mol. The molecule has 0 saturated carbocycles. The first kappa shape index (κ1) is 15.9. The van der Waals surface area contributed by atoms with Crippen LogP contribution in [0, 0.1) is 0 Å². The van der Waals surface area contributed by atoms with Crippen LogP contribution in [0.5, 0.6) is 5.88 Å². The van der Waals surface area contributed by atoms with Crippen LogP contribution in [-0.2, 0) is 12.8 Å². The lowest BCUT2D eigenvalue weighted by molar-refractivity contribution is 0.398. The number of benzene rings is 2. The summed E-state index contributed by atoms with van der Waals surface area (Å²) in [5, 5.41) is 0. The molecule has 1 aliphatic carbocycles. The predicted octanol–water partition coefficient (Wildman–Crippen LogP) is 5.67. The summed E-state index contributed by atoms with van der Waals surface area (Å²) in [6.07, 6.45) is 4.29. The number of nitrogens with zero attached hydrogens (tertiary/aromatic N) is 1. The Hall–Kier alpha value is -2.61. The second-order valence-corrected chi connectivity index (χ2v) is 6.60. The van der Waals surface area contributed by atoms with E-state index in [4.69, 9.17) is 9.72 Å². The van der Waals surface area contributed by atoms with Crippen molar-refractivity contribution in [2.75, 3.05) is 7.11 Å². The molecule has 1 aromatic heterocycles. The molecule has 1 aliphatic rings. The maximum atomic E-state index is 5.73. The molecular weight excluding hydrogens is 306 g/mol. The van der Waals surface area contributed by atoms with E-state index in [0.29, 0.717) is 0 Å². The van der Waals surface area contributed by atoms with Crippen molar-refractivity contribution in [1.29, 1.82) is 0 Å². The van der Waals surface area contributed by atoms with Gasteiger partial charge in [0.25, 0.3) is 0 Å². The zero-order chi connectivity index (χ0) is 17.2. The Kier molecular flexibility index (Phi) is 4.27. The number of aromatic nitrogens is 1. The minimum atomic E-state index is 0.754. The van der Waals surface area contributed by atoms with E-state index in [9.17, 15) is 0 Å². The molecule has 0 bridgehead atoms. The standard InChI is InChI=1S/C23H23NO/c1-3-4-13-19-21(16-10-6-5-7-11-16)23(25-2)24-20-15-17-12-8-9-14-18(17)22(19)20/h5-12,14H,3-4,13,15H2,1-2H3. The van der Waals surface area contributed by atoms with Crippen LogP contribution in [0.4, 0.5) is 0 Å². The molecule has 0 aliphatic heterocycles. The molecule has 0 atom stereocenters. The lowest BCUT2D eigenvalue weighted by Crippen LogP contribution is -2.03. The molecule has 0 saturated heterocycles. The summed E-state index contributed by atoms with van der Waals surface area (Å²) in [7, 11) is 1.73. The highest BCUT2D eigenvalue weighted by Gasteiger charge is 2.27. The van der Waals surface area contributed by atoms with Crippen molar-refractivity contribution >= 4 is 0 Å². The highest BCUT2D eigenvalue weighted by molar-refractivity contribution is 5.86. The summed E-state index contributed by atoms with van der Waals surface area (Å²) in [5.74, 6) is 0.754. The highest BCUT2D eigenvalue weighted by Crippen LogP contribution is 2.45. The van der Waals surface area contributed by atoms with Gasteiger partial charge < -0.3 is 4.74 Å². The Labute approximate surface area is 149 Å². The van der Waals surface area contributed by atoms with Crippen LogP contribution in [-0.4, -0.2) is 12.1 Å². The number of fused-ring (bicyclic) bond motifs is 3. The van der Waals surface area contributed by atoms with E-state index in [2.05, 4.69) is 61.5 Å². The molecule has 0 N–H and O–H groups in total. The Morgan fingerprint density at radius 2 is 1.72 bits per heavy atom. The van der Waals surface area contributed by atoms with Crippen LogP contribution in [0.15, 0.2) is 54.6 Å². The first-order valence-corrected chi connectivity index (χ1v) is 9.07. The summed E-state index contributed by atoms with van der Waals surface area (Å²) < 4.78 is 5.73. The third-order valence-corrected chi connectivity index (χ3v) is 5.02. The number of pyridine rings is 1. The SMILES string of the molecule is CCCCc1c2c(nc(OC)c1-c1ccccc1)Cc1ccccc1-2. The molecule has 0 unspecified atom stereocenters. The average Bonchev–Trinajstić information content (AvgIpc) is 3.04.